The van der Waals surface area contributed by atoms with Crippen LogP contribution in [0.5, 0.6) is 5.88 Å². The second kappa shape index (κ2) is 7.35. The molecule has 0 aliphatic heterocycles. The Morgan fingerprint density at radius 2 is 2.00 bits per heavy atom. The molecule has 3 aromatic rings. The van der Waals surface area contributed by atoms with Gasteiger partial charge in [-0.1, -0.05) is 0 Å². The standard InChI is InChI=1S/C17H15FN4O2S/c1-10-11(2)20-15(12-3-5-13(18)6-4-12)22-16(10)24-9-14(23)21-17-19-7-8-25-17/h3-8H,9H2,1-2H3,(H,19,21,23). The maximum atomic E-state index is 13.1. The molecule has 0 fully saturated rings. The van der Waals surface area contributed by atoms with Crippen LogP contribution in [0.3, 0.4) is 0 Å². The average molecular weight is 358 g/mol. The smallest absolute Gasteiger partial charge is 0.264 e. The maximum Gasteiger partial charge on any atom is 0.264 e. The van der Waals surface area contributed by atoms with Crippen molar-refractivity contribution in [3.63, 3.8) is 0 Å². The predicted octanol–water partition coefficient (Wildman–Crippen LogP) is 3.37. The molecule has 0 bridgehead atoms. The lowest BCUT2D eigenvalue weighted by molar-refractivity contribution is -0.118. The number of nitrogens with zero attached hydrogens (tertiary/aromatic N) is 3. The molecule has 1 N–H and O–H groups in total. The molecule has 2 aromatic heterocycles. The highest BCUT2D eigenvalue weighted by Gasteiger charge is 2.13. The summed E-state index contributed by atoms with van der Waals surface area (Å²) >= 11 is 1.32. The van der Waals surface area contributed by atoms with Crippen molar-refractivity contribution in [3.8, 4) is 17.3 Å². The van der Waals surface area contributed by atoms with Crippen LogP contribution in [-0.2, 0) is 4.79 Å². The molecule has 0 aliphatic carbocycles. The molecule has 6 nitrogen and oxygen atoms in total. The summed E-state index contributed by atoms with van der Waals surface area (Å²) in [4.78, 5) is 24.6. The van der Waals surface area contributed by atoms with Gasteiger partial charge in [0, 0.05) is 28.4 Å². The van der Waals surface area contributed by atoms with Crippen molar-refractivity contribution < 1.29 is 13.9 Å². The van der Waals surface area contributed by atoms with E-state index < -0.39 is 0 Å². The van der Waals surface area contributed by atoms with Gasteiger partial charge in [-0.2, -0.15) is 4.98 Å². The van der Waals surface area contributed by atoms with Crippen molar-refractivity contribution in [1.29, 1.82) is 0 Å². The van der Waals surface area contributed by atoms with Crippen LogP contribution in [0.15, 0.2) is 35.8 Å². The number of thiazole rings is 1. The van der Waals surface area contributed by atoms with Gasteiger partial charge in [0.25, 0.3) is 5.91 Å². The SMILES string of the molecule is Cc1nc(-c2ccc(F)cc2)nc(OCC(=O)Nc2nccs2)c1C. The normalized spacial score (nSPS) is 10.5. The van der Waals surface area contributed by atoms with E-state index in [0.29, 0.717) is 22.4 Å². The molecule has 25 heavy (non-hydrogen) atoms. The molecule has 1 amide bonds. The Bertz CT molecular complexity index is 882. The summed E-state index contributed by atoms with van der Waals surface area (Å²) < 4.78 is 18.6. The molecule has 3 rings (SSSR count). The van der Waals surface area contributed by atoms with Crippen molar-refractivity contribution in [2.75, 3.05) is 11.9 Å². The quantitative estimate of drug-likeness (QED) is 0.757. The van der Waals surface area contributed by atoms with E-state index in [4.69, 9.17) is 4.74 Å². The summed E-state index contributed by atoms with van der Waals surface area (Å²) in [5, 5.41) is 4.91. The van der Waals surface area contributed by atoms with Crippen LogP contribution in [0.4, 0.5) is 9.52 Å². The van der Waals surface area contributed by atoms with Gasteiger partial charge in [0.1, 0.15) is 5.82 Å². The van der Waals surface area contributed by atoms with Crippen LogP contribution in [0.1, 0.15) is 11.3 Å². The number of hydrogen-bond acceptors (Lipinski definition) is 6. The number of hydrogen-bond donors (Lipinski definition) is 1. The predicted molar refractivity (Wildman–Crippen MR) is 93.1 cm³/mol. The van der Waals surface area contributed by atoms with Gasteiger partial charge in [-0.25, -0.2) is 14.4 Å². The minimum atomic E-state index is -0.331. The lowest BCUT2D eigenvalue weighted by atomic mass is 10.2. The molecule has 0 aliphatic rings. The van der Waals surface area contributed by atoms with Crippen LogP contribution in [0.2, 0.25) is 0 Å². The van der Waals surface area contributed by atoms with Crippen LogP contribution in [-0.4, -0.2) is 27.5 Å². The van der Waals surface area contributed by atoms with Gasteiger partial charge in [0.15, 0.2) is 17.6 Å². The molecule has 0 saturated carbocycles. The molecule has 2 heterocycles. The first-order valence-corrected chi connectivity index (χ1v) is 8.34. The van der Waals surface area contributed by atoms with Gasteiger partial charge in [-0.15, -0.1) is 11.3 Å². The van der Waals surface area contributed by atoms with Gasteiger partial charge in [0.2, 0.25) is 5.88 Å². The first kappa shape index (κ1) is 17.0. The Labute approximate surface area is 147 Å². The number of halogens is 1. The van der Waals surface area contributed by atoms with Gasteiger partial charge < -0.3 is 4.74 Å². The van der Waals surface area contributed by atoms with Gasteiger partial charge >= 0.3 is 0 Å². The fourth-order valence-electron chi connectivity index (χ4n) is 2.05. The largest absolute Gasteiger partial charge is 0.467 e. The molecular formula is C17H15FN4O2S. The lowest BCUT2D eigenvalue weighted by Crippen LogP contribution is -2.21. The monoisotopic (exact) mass is 358 g/mol. The third kappa shape index (κ3) is 4.16. The zero-order valence-electron chi connectivity index (χ0n) is 13.6. The first-order valence-electron chi connectivity index (χ1n) is 7.46. The van der Waals surface area contributed by atoms with E-state index in [9.17, 15) is 9.18 Å². The lowest BCUT2D eigenvalue weighted by Gasteiger charge is -2.11. The van der Waals surface area contributed by atoms with Gasteiger partial charge in [0.05, 0.1) is 0 Å². The van der Waals surface area contributed by atoms with Crippen molar-refractivity contribution in [2.24, 2.45) is 0 Å². The Hall–Kier alpha value is -2.87. The Kier molecular flexibility index (Phi) is 4.99. The van der Waals surface area contributed by atoms with E-state index in [-0.39, 0.29) is 18.3 Å². The summed E-state index contributed by atoms with van der Waals surface area (Å²) in [6.45, 7) is 3.45. The van der Waals surface area contributed by atoms with Crippen LogP contribution >= 0.6 is 11.3 Å². The summed E-state index contributed by atoms with van der Waals surface area (Å²) in [6.07, 6.45) is 1.61. The van der Waals surface area contributed by atoms with Crippen molar-refractivity contribution in [1.82, 2.24) is 15.0 Å². The van der Waals surface area contributed by atoms with Gasteiger partial charge in [-0.05, 0) is 38.1 Å². The maximum absolute atomic E-state index is 13.1. The number of carbonyl (C=O) groups excluding carboxylic acids is 1. The van der Waals surface area contributed by atoms with E-state index in [1.807, 2.05) is 13.8 Å². The van der Waals surface area contributed by atoms with E-state index >= 15 is 0 Å². The molecule has 0 spiro atoms. The second-order valence-corrected chi connectivity index (χ2v) is 6.14. The number of ether oxygens (including phenoxy) is 1. The molecule has 1 aromatic carbocycles. The zero-order chi connectivity index (χ0) is 17.8. The topological polar surface area (TPSA) is 77.0 Å². The van der Waals surface area contributed by atoms with Gasteiger partial charge in [-0.3, -0.25) is 10.1 Å². The van der Waals surface area contributed by atoms with E-state index in [0.717, 1.165) is 11.3 Å². The summed E-state index contributed by atoms with van der Waals surface area (Å²) in [5.41, 5.74) is 2.14. The molecule has 0 atom stereocenters. The number of amides is 1. The van der Waals surface area contributed by atoms with Crippen molar-refractivity contribution >= 4 is 22.4 Å². The van der Waals surface area contributed by atoms with Crippen LogP contribution < -0.4 is 10.1 Å². The molecule has 128 valence electrons. The van der Waals surface area contributed by atoms with E-state index in [1.165, 1.54) is 23.5 Å². The van der Waals surface area contributed by atoms with Crippen molar-refractivity contribution in [3.05, 3.63) is 52.9 Å². The molecular weight excluding hydrogens is 343 g/mol. The molecule has 0 saturated heterocycles. The second-order valence-electron chi connectivity index (χ2n) is 5.24. The highest BCUT2D eigenvalue weighted by Crippen LogP contribution is 2.23. The average Bonchev–Trinajstić information content (AvgIpc) is 3.09. The Morgan fingerprint density at radius 1 is 1.24 bits per heavy atom. The fourth-order valence-corrected chi connectivity index (χ4v) is 2.59. The third-order valence-electron chi connectivity index (χ3n) is 3.47. The Morgan fingerprint density at radius 3 is 2.68 bits per heavy atom. The fraction of sp³-hybridized carbons (Fsp3) is 0.176. The number of benzene rings is 1. The summed E-state index contributed by atoms with van der Waals surface area (Å²) in [5.74, 6) is 0.0800. The minimum Gasteiger partial charge on any atom is -0.467 e. The number of carbonyl (C=O) groups is 1. The molecule has 0 unspecified atom stereocenters. The number of rotatable bonds is 5. The van der Waals surface area contributed by atoms with Crippen LogP contribution in [0.25, 0.3) is 11.4 Å². The molecule has 8 heteroatoms. The number of anilines is 1. The van der Waals surface area contributed by atoms with Crippen molar-refractivity contribution in [2.45, 2.75) is 13.8 Å². The minimum absolute atomic E-state index is 0.195. The first-order chi connectivity index (χ1) is 12.0. The number of nitrogens with one attached hydrogen (secondary N) is 1. The van der Waals surface area contributed by atoms with E-state index in [2.05, 4.69) is 20.3 Å². The van der Waals surface area contributed by atoms with Crippen LogP contribution in [0, 0.1) is 19.7 Å². The van der Waals surface area contributed by atoms with E-state index in [1.54, 1.807) is 23.7 Å². The summed E-state index contributed by atoms with van der Waals surface area (Å²) in [7, 11) is 0. The Balaban J connectivity index is 1.76. The highest BCUT2D eigenvalue weighted by molar-refractivity contribution is 7.13. The third-order valence-corrected chi connectivity index (χ3v) is 4.15. The number of aromatic nitrogens is 3. The molecule has 0 radical (unpaired) electrons. The zero-order valence-corrected chi connectivity index (χ0v) is 14.4. The summed E-state index contributed by atoms with van der Waals surface area (Å²) in [6, 6.07) is 5.88. The highest BCUT2D eigenvalue weighted by atomic mass is 32.1. The number of aryl methyl sites for hydroxylation is 1.